The van der Waals surface area contributed by atoms with E-state index in [9.17, 15) is 4.79 Å². The number of carbonyl (C=O) groups excluding carboxylic acids is 1. The van der Waals surface area contributed by atoms with Crippen molar-refractivity contribution in [1.29, 1.82) is 0 Å². The minimum atomic E-state index is -0.129. The molecule has 0 bridgehead atoms. The number of pyridine rings is 1. The number of benzene rings is 1. The fourth-order valence-electron chi connectivity index (χ4n) is 2.98. The van der Waals surface area contributed by atoms with E-state index >= 15 is 0 Å². The normalized spacial score (nSPS) is 16.2. The van der Waals surface area contributed by atoms with Crippen molar-refractivity contribution in [3.05, 3.63) is 59.9 Å². The summed E-state index contributed by atoms with van der Waals surface area (Å²) in [5.74, 6) is 0.608. The summed E-state index contributed by atoms with van der Waals surface area (Å²) in [4.78, 5) is 16.1. The van der Waals surface area contributed by atoms with Crippen LogP contribution in [0.5, 0.6) is 0 Å². The molecule has 0 aliphatic heterocycles. The number of aromatic nitrogens is 1. The highest BCUT2D eigenvalue weighted by molar-refractivity contribution is 6.04. The zero-order valence-electron chi connectivity index (χ0n) is 14.7. The van der Waals surface area contributed by atoms with Gasteiger partial charge >= 0.3 is 0 Å². The van der Waals surface area contributed by atoms with Gasteiger partial charge in [0, 0.05) is 42.8 Å². The molecule has 1 aromatic carbocycles. The molecule has 5 heteroatoms. The largest absolute Gasteiger partial charge is 0.383 e. The molecule has 25 heavy (non-hydrogen) atoms. The Hall–Kier alpha value is -2.24. The molecule has 1 saturated carbocycles. The first-order valence-corrected chi connectivity index (χ1v) is 8.73. The molecular formula is C20H25N3O2. The molecule has 1 aliphatic carbocycles. The van der Waals surface area contributed by atoms with Crippen molar-refractivity contribution in [2.24, 2.45) is 5.92 Å². The number of hydrogen-bond donors (Lipinski definition) is 2. The number of hydrogen-bond acceptors (Lipinski definition) is 4. The summed E-state index contributed by atoms with van der Waals surface area (Å²) in [5.41, 5.74) is 2.58. The van der Waals surface area contributed by atoms with E-state index in [1.54, 1.807) is 31.6 Å². The van der Waals surface area contributed by atoms with Gasteiger partial charge in [0.05, 0.1) is 6.61 Å². The van der Waals surface area contributed by atoms with Gasteiger partial charge in [-0.05, 0) is 55.5 Å². The second-order valence-electron chi connectivity index (χ2n) is 6.60. The van der Waals surface area contributed by atoms with Crippen LogP contribution in [0, 0.1) is 5.92 Å². The Morgan fingerprint density at radius 2 is 1.88 bits per heavy atom. The van der Waals surface area contributed by atoms with Crippen molar-refractivity contribution in [2.45, 2.75) is 31.8 Å². The lowest BCUT2D eigenvalue weighted by molar-refractivity contribution is 0.102. The van der Waals surface area contributed by atoms with Crippen molar-refractivity contribution in [3.8, 4) is 0 Å². The first-order chi connectivity index (χ1) is 12.2. The molecule has 1 aliphatic rings. The maximum absolute atomic E-state index is 12.2. The third-order valence-corrected chi connectivity index (χ3v) is 4.61. The van der Waals surface area contributed by atoms with E-state index in [0.717, 1.165) is 18.2 Å². The van der Waals surface area contributed by atoms with E-state index in [0.29, 0.717) is 11.6 Å². The van der Waals surface area contributed by atoms with Crippen molar-refractivity contribution < 1.29 is 9.53 Å². The fourth-order valence-corrected chi connectivity index (χ4v) is 2.98. The van der Waals surface area contributed by atoms with Gasteiger partial charge in [0.15, 0.2) is 0 Å². The van der Waals surface area contributed by atoms with E-state index < -0.39 is 0 Å². The highest BCUT2D eigenvalue weighted by Gasteiger charge is 2.31. The monoisotopic (exact) mass is 339 g/mol. The lowest BCUT2D eigenvalue weighted by atomic mass is 10.1. The Bertz CT molecular complexity index is 684. The Kier molecular flexibility index (Phi) is 5.79. The fraction of sp³-hybridized carbons (Fsp3) is 0.400. The van der Waals surface area contributed by atoms with Crippen molar-refractivity contribution in [3.63, 3.8) is 0 Å². The molecule has 2 atom stereocenters. The summed E-state index contributed by atoms with van der Waals surface area (Å²) < 4.78 is 5.33. The lowest BCUT2D eigenvalue weighted by Crippen LogP contribution is -2.36. The van der Waals surface area contributed by atoms with Crippen LogP contribution >= 0.6 is 0 Å². The molecule has 1 fully saturated rings. The van der Waals surface area contributed by atoms with E-state index in [-0.39, 0.29) is 11.9 Å². The molecule has 0 unspecified atom stereocenters. The second-order valence-corrected chi connectivity index (χ2v) is 6.60. The standard InChI is InChI=1S/C20H25N3O2/c1-14(22-19(13-25-2)16-3-4-16)15-5-7-18(8-6-15)23-20(24)17-9-11-21-12-10-17/h5-12,14,16,19,22H,3-4,13H2,1-2H3,(H,23,24)/t14-,19+/m0/s1. The summed E-state index contributed by atoms with van der Waals surface area (Å²) in [6.45, 7) is 2.91. The molecule has 0 saturated heterocycles. The zero-order valence-corrected chi connectivity index (χ0v) is 14.7. The molecule has 2 aromatic rings. The van der Waals surface area contributed by atoms with Crippen LogP contribution in [-0.2, 0) is 4.74 Å². The van der Waals surface area contributed by atoms with E-state index in [1.807, 2.05) is 12.1 Å². The average Bonchev–Trinajstić information content (AvgIpc) is 3.48. The molecule has 0 spiro atoms. The van der Waals surface area contributed by atoms with Gasteiger partial charge in [0.25, 0.3) is 5.91 Å². The molecular weight excluding hydrogens is 314 g/mol. The van der Waals surface area contributed by atoms with Gasteiger partial charge in [0.2, 0.25) is 0 Å². The van der Waals surface area contributed by atoms with E-state index in [1.165, 1.54) is 18.4 Å². The maximum Gasteiger partial charge on any atom is 0.255 e. The van der Waals surface area contributed by atoms with Gasteiger partial charge in [-0.25, -0.2) is 0 Å². The van der Waals surface area contributed by atoms with Gasteiger partial charge in [0.1, 0.15) is 0 Å². The van der Waals surface area contributed by atoms with Gasteiger partial charge in [-0.15, -0.1) is 0 Å². The average molecular weight is 339 g/mol. The molecule has 132 valence electrons. The Morgan fingerprint density at radius 3 is 2.48 bits per heavy atom. The predicted molar refractivity (Wildman–Crippen MR) is 98.6 cm³/mol. The SMILES string of the molecule is COC[C@@H](N[C@@H](C)c1ccc(NC(=O)c2ccncc2)cc1)C1CC1. The number of rotatable bonds is 8. The van der Waals surface area contributed by atoms with Crippen LogP contribution in [0.15, 0.2) is 48.8 Å². The van der Waals surface area contributed by atoms with Crippen molar-refractivity contribution in [1.82, 2.24) is 10.3 Å². The summed E-state index contributed by atoms with van der Waals surface area (Å²) in [6.07, 6.45) is 5.80. The van der Waals surface area contributed by atoms with E-state index in [4.69, 9.17) is 4.74 Å². The van der Waals surface area contributed by atoms with Gasteiger partial charge in [-0.1, -0.05) is 12.1 Å². The third kappa shape index (κ3) is 4.87. The number of nitrogens with zero attached hydrogens (tertiary/aromatic N) is 1. The van der Waals surface area contributed by atoms with Crippen LogP contribution in [0.4, 0.5) is 5.69 Å². The number of methoxy groups -OCH3 is 1. The Balaban J connectivity index is 1.58. The first kappa shape index (κ1) is 17.6. The molecule has 1 heterocycles. The predicted octanol–water partition coefficient (Wildman–Crippen LogP) is 3.41. The van der Waals surface area contributed by atoms with E-state index in [2.05, 4.69) is 34.7 Å². The number of ether oxygens (including phenoxy) is 1. The summed E-state index contributed by atoms with van der Waals surface area (Å²) in [7, 11) is 1.75. The summed E-state index contributed by atoms with van der Waals surface area (Å²) in [6, 6.07) is 12.0. The van der Waals surface area contributed by atoms with Crippen LogP contribution < -0.4 is 10.6 Å². The number of carbonyl (C=O) groups is 1. The van der Waals surface area contributed by atoms with Crippen LogP contribution in [0.2, 0.25) is 0 Å². The van der Waals surface area contributed by atoms with Crippen molar-refractivity contribution >= 4 is 11.6 Å². The number of amides is 1. The minimum Gasteiger partial charge on any atom is -0.383 e. The molecule has 3 rings (SSSR count). The van der Waals surface area contributed by atoms with Gasteiger partial charge < -0.3 is 15.4 Å². The van der Waals surface area contributed by atoms with Crippen LogP contribution in [0.25, 0.3) is 0 Å². The highest BCUT2D eigenvalue weighted by Crippen LogP contribution is 2.34. The topological polar surface area (TPSA) is 63.2 Å². The third-order valence-electron chi connectivity index (χ3n) is 4.61. The molecule has 5 nitrogen and oxygen atoms in total. The van der Waals surface area contributed by atoms with Crippen LogP contribution in [-0.4, -0.2) is 30.6 Å². The lowest BCUT2D eigenvalue weighted by Gasteiger charge is -2.23. The van der Waals surface area contributed by atoms with Crippen molar-refractivity contribution in [2.75, 3.05) is 19.0 Å². The van der Waals surface area contributed by atoms with Crippen LogP contribution in [0.3, 0.4) is 0 Å². The molecule has 1 amide bonds. The first-order valence-electron chi connectivity index (χ1n) is 8.73. The Morgan fingerprint density at radius 1 is 1.20 bits per heavy atom. The number of anilines is 1. The smallest absolute Gasteiger partial charge is 0.255 e. The molecule has 1 aromatic heterocycles. The highest BCUT2D eigenvalue weighted by atomic mass is 16.5. The summed E-state index contributed by atoms with van der Waals surface area (Å²) >= 11 is 0. The molecule has 2 N–H and O–H groups in total. The van der Waals surface area contributed by atoms with Gasteiger partial charge in [-0.2, -0.15) is 0 Å². The minimum absolute atomic E-state index is 0.129. The second kappa shape index (κ2) is 8.23. The quantitative estimate of drug-likeness (QED) is 0.774. The maximum atomic E-state index is 12.2. The number of nitrogens with one attached hydrogen (secondary N) is 2. The zero-order chi connectivity index (χ0) is 17.6. The van der Waals surface area contributed by atoms with Crippen LogP contribution in [0.1, 0.15) is 41.7 Å². The van der Waals surface area contributed by atoms with Gasteiger partial charge in [-0.3, -0.25) is 9.78 Å². The Labute approximate surface area is 148 Å². The summed E-state index contributed by atoms with van der Waals surface area (Å²) in [5, 5.41) is 6.57. The molecule has 0 radical (unpaired) electrons.